The van der Waals surface area contributed by atoms with Gasteiger partial charge in [-0.1, -0.05) is 98.2 Å². The van der Waals surface area contributed by atoms with Crippen LogP contribution in [-0.2, 0) is 88.0 Å². The van der Waals surface area contributed by atoms with Gasteiger partial charge in [-0.3, -0.25) is 87.1 Å². The van der Waals surface area contributed by atoms with Crippen molar-refractivity contribution in [2.45, 2.75) is 213 Å². The smallest absolute Gasteiger partial charge is 0.245 e. The van der Waals surface area contributed by atoms with E-state index in [4.69, 9.17) is 17.3 Å². The van der Waals surface area contributed by atoms with E-state index < -0.39 is 132 Å². The number of nitrogens with one attached hydrogen (secondary N) is 11. The first-order valence-corrected chi connectivity index (χ1v) is 40.7. The number of likely N-dealkylation sites (tertiary alicyclic amines) is 1. The normalized spacial score (nSPS) is 15.1. The Labute approximate surface area is 694 Å². The summed E-state index contributed by atoms with van der Waals surface area (Å²) in [5, 5.41) is 54.4. The molecule has 4 aromatic carbocycles. The number of fused-ring (bicyclic) bond motifs is 1. The summed E-state index contributed by atoms with van der Waals surface area (Å²) in [6.45, 7) is 17.4. The van der Waals surface area contributed by atoms with E-state index >= 15 is 14.4 Å². The van der Waals surface area contributed by atoms with Crippen LogP contribution in [0.25, 0.3) is 10.8 Å². The number of guanidine groups is 2. The zero-order valence-electron chi connectivity index (χ0n) is 69.0. The second-order valence-corrected chi connectivity index (χ2v) is 29.9. The molecule has 0 saturated carbocycles. The topological polar surface area (TPSA) is 468 Å². The van der Waals surface area contributed by atoms with Crippen molar-refractivity contribution < 1.29 is 72.5 Å². The highest BCUT2D eigenvalue weighted by Gasteiger charge is 2.41. The lowest BCUT2D eigenvalue weighted by Crippen LogP contribution is -2.61. The molecular weight excluding hydrogens is 1540 g/mol. The number of amides is 13. The molecule has 33 nitrogen and oxygen atoms in total. The molecule has 1 fully saturated rings. The third-order valence-corrected chi connectivity index (χ3v) is 19.9. The van der Waals surface area contributed by atoms with E-state index in [1.54, 1.807) is 57.2 Å². The molecule has 34 heteroatoms. The van der Waals surface area contributed by atoms with Crippen LogP contribution in [0.2, 0.25) is 5.02 Å². The van der Waals surface area contributed by atoms with Crippen molar-refractivity contribution in [3.63, 3.8) is 0 Å². The number of nitrogens with two attached hydrogens (primary N) is 1. The molecule has 118 heavy (non-hydrogen) atoms. The summed E-state index contributed by atoms with van der Waals surface area (Å²) in [6, 6.07) is 14.6. The van der Waals surface area contributed by atoms with Crippen LogP contribution in [0, 0.1) is 5.92 Å². The molecule has 15 N–H and O–H groups in total. The lowest BCUT2D eigenvalue weighted by Gasteiger charge is -2.31. The molecular formula is C84H117ClN18O15. The highest BCUT2D eigenvalue weighted by Crippen LogP contribution is 2.23. The largest absolute Gasteiger partial charge is 0.508 e. The van der Waals surface area contributed by atoms with Crippen molar-refractivity contribution in [3.8, 4) is 5.75 Å². The summed E-state index contributed by atoms with van der Waals surface area (Å²) in [5.74, 6) is -9.16. The first-order chi connectivity index (χ1) is 56.4. The van der Waals surface area contributed by atoms with Crippen LogP contribution in [0.1, 0.15) is 149 Å². The monoisotopic (exact) mass is 1650 g/mol. The first kappa shape index (κ1) is 95.2. The van der Waals surface area contributed by atoms with Crippen LogP contribution in [0.15, 0.2) is 126 Å². The third-order valence-electron chi connectivity index (χ3n) is 19.7. The summed E-state index contributed by atoms with van der Waals surface area (Å²) < 4.78 is 0. The van der Waals surface area contributed by atoms with E-state index in [1.807, 2.05) is 63.2 Å². The Bertz CT molecular complexity index is 4290. The third kappa shape index (κ3) is 30.8. The summed E-state index contributed by atoms with van der Waals surface area (Å²) in [5.41, 5.74) is 7.54. The zero-order chi connectivity index (χ0) is 86.5. The van der Waals surface area contributed by atoms with E-state index in [0.717, 1.165) is 10.8 Å². The van der Waals surface area contributed by atoms with Crippen molar-refractivity contribution in [1.82, 2.24) is 78.2 Å². The van der Waals surface area contributed by atoms with Gasteiger partial charge >= 0.3 is 0 Å². The maximum atomic E-state index is 15.3. The van der Waals surface area contributed by atoms with E-state index in [1.165, 1.54) is 79.1 Å². The Morgan fingerprint density at radius 1 is 0.525 bits per heavy atom. The second kappa shape index (κ2) is 48.8. The SMILES string of the molecule is CCNC(=NCCCC[C@H](NC(=O)[C@H](CC(C)C)NC(=O)[C@@H](CCCCN=C(NCC)N(CC)C(C)=O)NC(=O)[C@H](Cc1ccc(O)cc1)NC(=O)[C@H](CO)NC(=O)[C@@H](Cc1cccnc1)NC(=O)[C@@H](Cc1ccc(Cl)cc1)NC(=O)[C@@H](Cc1ccc2ccccc2c1)NC(C)=O)C(=O)N1CCC[C@H]1C(=O)N[C@H](C)C(N)=O)N(CC)C(C)=O. The van der Waals surface area contributed by atoms with Crippen molar-refractivity contribution in [1.29, 1.82) is 0 Å². The van der Waals surface area contributed by atoms with Gasteiger partial charge in [-0.2, -0.15) is 0 Å². The van der Waals surface area contributed by atoms with Crippen LogP contribution in [0.4, 0.5) is 0 Å². The number of aliphatic hydroxyl groups excluding tert-OH is 1. The number of carbonyl (C=O) groups is 13. The van der Waals surface area contributed by atoms with Gasteiger partial charge in [0.1, 0.15) is 66.2 Å². The highest BCUT2D eigenvalue weighted by atomic mass is 35.5. The quantitative estimate of drug-likeness (QED) is 0.0151. The molecule has 13 amide bonds. The lowest BCUT2D eigenvalue weighted by molar-refractivity contribution is -0.142. The van der Waals surface area contributed by atoms with E-state index in [0.29, 0.717) is 84.6 Å². The van der Waals surface area contributed by atoms with Crippen LogP contribution >= 0.6 is 11.6 Å². The number of aromatic hydroxyl groups is 1. The summed E-state index contributed by atoms with van der Waals surface area (Å²) >= 11 is 6.27. The maximum absolute atomic E-state index is 15.3. The minimum absolute atomic E-state index is 0.00823. The van der Waals surface area contributed by atoms with E-state index in [2.05, 4.69) is 73.5 Å². The summed E-state index contributed by atoms with van der Waals surface area (Å²) in [4.78, 5) is 201. The Morgan fingerprint density at radius 2 is 0.975 bits per heavy atom. The van der Waals surface area contributed by atoms with Gasteiger partial charge in [0.2, 0.25) is 88.7 Å². The molecule has 5 aromatic rings. The highest BCUT2D eigenvalue weighted by molar-refractivity contribution is 6.30. The molecule has 0 spiro atoms. The maximum Gasteiger partial charge on any atom is 0.245 e. The predicted octanol–water partition coefficient (Wildman–Crippen LogP) is 2.79. The zero-order valence-corrected chi connectivity index (χ0v) is 69.8. The number of aliphatic hydroxyl groups is 1. The van der Waals surface area contributed by atoms with Gasteiger partial charge in [-0.25, -0.2) is 0 Å². The number of nitrogens with zero attached hydrogens (tertiary/aromatic N) is 6. The van der Waals surface area contributed by atoms with Gasteiger partial charge in [0.25, 0.3) is 0 Å². The minimum atomic E-state index is -1.86. The molecule has 640 valence electrons. The number of pyridine rings is 1. The number of aliphatic imine (C=N–C) groups is 2. The average molecular weight is 1650 g/mol. The van der Waals surface area contributed by atoms with Crippen LogP contribution in [0.5, 0.6) is 5.75 Å². The van der Waals surface area contributed by atoms with Crippen molar-refractivity contribution in [2.24, 2.45) is 21.6 Å². The average Bonchev–Trinajstić information content (AvgIpc) is 1.54. The van der Waals surface area contributed by atoms with Crippen LogP contribution in [0.3, 0.4) is 0 Å². The standard InChI is InChI=1S/C84H117ClN18O15/c1-11-88-83(101(13-3)54(9)106)90-40-19-17-26-64(74(110)96-66(43-51(5)6)75(111)95-65(27-18-20-41-91-84(89-12-2)102(14-4)55(10)107)82(118)103-42-22-28-72(103)81(117)92-52(7)73(86)109)94-77(113)68(46-57-32-37-63(108)38-33-57)99-80(116)71(50-104)100-79(115)70(48-59-23-21-39-87-49-59)98-78(114)69(45-56-30-35-62(85)36-31-56)97-76(112)67(93-53(8)105)47-58-29-34-60-24-15-16-25-61(60)44-58/h15-16,21,23-25,29-39,44,49,51-52,64-72,104,108H,11-14,17-20,22,26-28,40-43,45-48,50H2,1-10H3,(H2,86,109)(H,88,90)(H,89,91)(H,92,117)(H,93,105)(H,94,113)(H,95,111)(H,96,110)(H,97,112)(H,98,114)(H,99,116)(H,100,115)/t52-,64-,65+,66+,67-,68+,69-,70-,71+,72+/m1/s1. The Morgan fingerprint density at radius 3 is 1.47 bits per heavy atom. The van der Waals surface area contributed by atoms with Gasteiger partial charge in [-0.05, 0) is 162 Å². The molecule has 1 saturated heterocycles. The molecule has 0 aliphatic carbocycles. The number of benzene rings is 4. The van der Waals surface area contributed by atoms with Crippen molar-refractivity contribution in [2.75, 3.05) is 52.4 Å². The Balaban J connectivity index is 1.32. The number of halogens is 1. The molecule has 0 bridgehead atoms. The Hall–Kier alpha value is -11.6. The van der Waals surface area contributed by atoms with E-state index in [9.17, 15) is 58.2 Å². The van der Waals surface area contributed by atoms with Crippen molar-refractivity contribution in [3.05, 3.63) is 143 Å². The molecule has 6 rings (SSSR count). The number of phenols is 1. The van der Waals surface area contributed by atoms with Gasteiger partial charge in [0.15, 0.2) is 0 Å². The summed E-state index contributed by atoms with van der Waals surface area (Å²) in [7, 11) is 0. The number of carbonyl (C=O) groups excluding carboxylic acids is 13. The first-order valence-electron chi connectivity index (χ1n) is 40.3. The minimum Gasteiger partial charge on any atom is -0.508 e. The van der Waals surface area contributed by atoms with Gasteiger partial charge in [0.05, 0.1) is 6.61 Å². The molecule has 2 heterocycles. The molecule has 0 radical (unpaired) electrons. The van der Waals surface area contributed by atoms with Gasteiger partial charge in [0, 0.05) is 110 Å². The predicted molar refractivity (Wildman–Crippen MR) is 448 cm³/mol. The Kier molecular flexibility index (Phi) is 39.4. The molecule has 10 atom stereocenters. The van der Waals surface area contributed by atoms with Gasteiger partial charge in [-0.15, -0.1) is 0 Å². The number of phenolic OH excluding ortho intramolecular Hbond substituents is 1. The number of rotatable bonds is 44. The number of hydrogen-bond donors (Lipinski definition) is 14. The van der Waals surface area contributed by atoms with Crippen LogP contribution in [-0.4, -0.2) is 231 Å². The number of aromatic nitrogens is 1. The number of hydrogen-bond acceptors (Lipinski definition) is 18. The molecule has 0 unspecified atom stereocenters. The van der Waals surface area contributed by atoms with E-state index in [-0.39, 0.29) is 107 Å². The van der Waals surface area contributed by atoms with Crippen molar-refractivity contribution >= 4 is 111 Å². The molecule has 1 aromatic heterocycles. The molecule has 1 aliphatic rings. The van der Waals surface area contributed by atoms with Crippen LogP contribution < -0.4 is 64.2 Å². The number of unbranched alkanes of at least 4 members (excludes halogenated alkanes) is 2. The fourth-order valence-electron chi connectivity index (χ4n) is 13.5. The molecule has 1 aliphatic heterocycles. The second-order valence-electron chi connectivity index (χ2n) is 29.5. The van der Waals surface area contributed by atoms with Gasteiger partial charge < -0.3 is 79.3 Å². The summed E-state index contributed by atoms with van der Waals surface area (Å²) in [6.07, 6.45) is 3.89. The fourth-order valence-corrected chi connectivity index (χ4v) is 13.6. The number of primary amides is 1. The fraction of sp³-hybridized carbons (Fsp3) is 0.500. The lowest BCUT2D eigenvalue weighted by atomic mass is 9.99.